The fourth-order valence-electron chi connectivity index (χ4n) is 2.65. The summed E-state index contributed by atoms with van der Waals surface area (Å²) in [6.45, 7) is 2.60. The molecular weight excluding hydrogens is 247 g/mol. The third-order valence-corrected chi connectivity index (χ3v) is 3.71. The van der Waals surface area contributed by atoms with Gasteiger partial charge in [-0.05, 0) is 33.0 Å². The lowest BCUT2D eigenvalue weighted by Gasteiger charge is -2.43. The Labute approximate surface area is 104 Å². The molecule has 2 aliphatic rings. The Balaban J connectivity index is 2.01. The van der Waals surface area contributed by atoms with E-state index < -0.39 is 12.1 Å². The molecule has 0 aromatic heterocycles. The summed E-state index contributed by atoms with van der Waals surface area (Å²) in [6, 6.07) is 0. The van der Waals surface area contributed by atoms with Crippen LogP contribution >= 0.6 is 0 Å². The van der Waals surface area contributed by atoms with Crippen molar-refractivity contribution in [2.24, 2.45) is 0 Å². The number of carbonyl (C=O) groups excluding carboxylic acids is 1. The van der Waals surface area contributed by atoms with Crippen molar-refractivity contribution in [3.8, 4) is 0 Å². The van der Waals surface area contributed by atoms with E-state index in [4.69, 9.17) is 0 Å². The largest absolute Gasteiger partial charge is 0.471 e. The number of alkyl halides is 3. The van der Waals surface area contributed by atoms with Crippen LogP contribution in [0.3, 0.4) is 0 Å². The number of hydrogen-bond acceptors (Lipinski definition) is 3. The number of nitrogens with zero attached hydrogens (tertiary/aromatic N) is 3. The Morgan fingerprint density at radius 2 is 1.72 bits per heavy atom. The monoisotopic (exact) mass is 265 g/mol. The zero-order valence-corrected chi connectivity index (χ0v) is 10.4. The van der Waals surface area contributed by atoms with E-state index in [1.807, 2.05) is 11.9 Å². The van der Waals surface area contributed by atoms with E-state index >= 15 is 0 Å². The van der Waals surface area contributed by atoms with Gasteiger partial charge < -0.3 is 4.90 Å². The second kappa shape index (κ2) is 5.05. The average molecular weight is 265 g/mol. The van der Waals surface area contributed by atoms with Crippen molar-refractivity contribution in [1.29, 1.82) is 0 Å². The molecule has 0 radical (unpaired) electrons. The SMILES string of the molecule is CN1CCN(C(=O)C(F)(F)F)C[C@H]1N1CCCC1. The normalized spacial score (nSPS) is 27.8. The van der Waals surface area contributed by atoms with Gasteiger partial charge in [0.05, 0.1) is 6.17 Å². The zero-order chi connectivity index (χ0) is 13.3. The summed E-state index contributed by atoms with van der Waals surface area (Å²) in [5.74, 6) is -1.71. The molecule has 0 bridgehead atoms. The predicted molar refractivity (Wildman–Crippen MR) is 59.9 cm³/mol. The number of likely N-dealkylation sites (N-methyl/N-ethyl adjacent to an activating group) is 1. The smallest absolute Gasteiger partial charge is 0.331 e. The summed E-state index contributed by atoms with van der Waals surface area (Å²) in [4.78, 5) is 16.4. The molecule has 1 atom stereocenters. The maximum Gasteiger partial charge on any atom is 0.471 e. The second-order valence-electron chi connectivity index (χ2n) is 4.95. The lowest BCUT2D eigenvalue weighted by atomic mass is 10.2. The minimum atomic E-state index is -4.76. The lowest BCUT2D eigenvalue weighted by molar-refractivity contribution is -0.189. The third kappa shape index (κ3) is 2.77. The molecule has 0 N–H and O–H groups in total. The van der Waals surface area contributed by atoms with Crippen molar-refractivity contribution < 1.29 is 18.0 Å². The van der Waals surface area contributed by atoms with Gasteiger partial charge in [-0.15, -0.1) is 0 Å². The minimum absolute atomic E-state index is 0.0763. The molecule has 7 heteroatoms. The molecule has 18 heavy (non-hydrogen) atoms. The number of rotatable bonds is 1. The van der Waals surface area contributed by atoms with E-state index in [1.54, 1.807) is 0 Å². The Kier molecular flexibility index (Phi) is 3.82. The Morgan fingerprint density at radius 3 is 2.28 bits per heavy atom. The highest BCUT2D eigenvalue weighted by Crippen LogP contribution is 2.23. The van der Waals surface area contributed by atoms with Crippen LogP contribution in [0.25, 0.3) is 0 Å². The zero-order valence-electron chi connectivity index (χ0n) is 10.4. The standard InChI is InChI=1S/C11H18F3N3O/c1-15-6-7-17(10(18)11(12,13)14)8-9(15)16-4-2-3-5-16/h9H,2-8H2,1H3/t9-/m1/s1. The number of hydrogen-bond donors (Lipinski definition) is 0. The van der Waals surface area contributed by atoms with E-state index in [0.717, 1.165) is 30.8 Å². The van der Waals surface area contributed by atoms with E-state index in [2.05, 4.69) is 4.90 Å². The van der Waals surface area contributed by atoms with E-state index in [9.17, 15) is 18.0 Å². The molecule has 0 aromatic carbocycles. The van der Waals surface area contributed by atoms with Gasteiger partial charge in [0.25, 0.3) is 0 Å². The number of piperazine rings is 1. The van der Waals surface area contributed by atoms with Gasteiger partial charge in [0.1, 0.15) is 0 Å². The molecule has 0 saturated carbocycles. The first-order chi connectivity index (χ1) is 8.39. The molecule has 4 nitrogen and oxygen atoms in total. The highest BCUT2D eigenvalue weighted by atomic mass is 19.4. The molecule has 0 unspecified atom stereocenters. The summed E-state index contributed by atoms with van der Waals surface area (Å²) in [5.41, 5.74) is 0. The maximum atomic E-state index is 12.4. The summed E-state index contributed by atoms with van der Waals surface area (Å²) < 4.78 is 37.3. The van der Waals surface area contributed by atoms with Gasteiger partial charge >= 0.3 is 12.1 Å². The van der Waals surface area contributed by atoms with Crippen molar-refractivity contribution >= 4 is 5.91 Å². The number of carbonyl (C=O) groups is 1. The highest BCUT2D eigenvalue weighted by molar-refractivity contribution is 5.82. The quantitative estimate of drug-likeness (QED) is 0.700. The fourth-order valence-corrected chi connectivity index (χ4v) is 2.65. The summed E-state index contributed by atoms with van der Waals surface area (Å²) in [6.07, 6.45) is -2.67. The van der Waals surface area contributed by atoms with Crippen LogP contribution in [0.1, 0.15) is 12.8 Å². The Morgan fingerprint density at radius 1 is 1.11 bits per heavy atom. The van der Waals surface area contributed by atoms with Crippen molar-refractivity contribution in [1.82, 2.24) is 14.7 Å². The first kappa shape index (κ1) is 13.6. The fraction of sp³-hybridized carbons (Fsp3) is 0.909. The Hall–Kier alpha value is -0.820. The van der Waals surface area contributed by atoms with Gasteiger partial charge in [-0.25, -0.2) is 0 Å². The molecule has 104 valence electrons. The van der Waals surface area contributed by atoms with Crippen molar-refractivity contribution in [2.45, 2.75) is 25.2 Å². The first-order valence-corrected chi connectivity index (χ1v) is 6.20. The van der Waals surface area contributed by atoms with E-state index in [-0.39, 0.29) is 19.3 Å². The predicted octanol–water partition coefficient (Wildman–Crippen LogP) is 0.745. The van der Waals surface area contributed by atoms with Crippen LogP contribution in [0, 0.1) is 0 Å². The summed E-state index contributed by atoms with van der Waals surface area (Å²) in [7, 11) is 1.90. The maximum absolute atomic E-state index is 12.4. The van der Waals surface area contributed by atoms with E-state index in [0.29, 0.717) is 6.54 Å². The average Bonchev–Trinajstić information content (AvgIpc) is 2.81. The van der Waals surface area contributed by atoms with Crippen LogP contribution in [0.5, 0.6) is 0 Å². The Bertz CT molecular complexity index is 315. The molecule has 1 amide bonds. The molecule has 2 aliphatic heterocycles. The summed E-state index contributed by atoms with van der Waals surface area (Å²) >= 11 is 0. The third-order valence-electron chi connectivity index (χ3n) is 3.71. The van der Waals surface area contributed by atoms with E-state index in [1.165, 1.54) is 0 Å². The van der Waals surface area contributed by atoms with Gasteiger partial charge in [0.2, 0.25) is 0 Å². The van der Waals surface area contributed by atoms with Crippen LogP contribution in [0.15, 0.2) is 0 Å². The van der Waals surface area contributed by atoms with Gasteiger partial charge in [-0.2, -0.15) is 13.2 Å². The number of halogens is 3. The molecular formula is C11H18F3N3O. The van der Waals surface area contributed by atoms with Crippen LogP contribution in [-0.2, 0) is 4.79 Å². The topological polar surface area (TPSA) is 26.8 Å². The molecule has 0 aliphatic carbocycles. The van der Waals surface area contributed by atoms with Crippen LogP contribution in [0.2, 0.25) is 0 Å². The minimum Gasteiger partial charge on any atom is -0.331 e. The molecule has 2 fully saturated rings. The molecule has 2 heterocycles. The number of amides is 1. The summed E-state index contributed by atoms with van der Waals surface area (Å²) in [5, 5.41) is 0. The van der Waals surface area contributed by atoms with Crippen LogP contribution in [-0.4, -0.2) is 72.7 Å². The second-order valence-corrected chi connectivity index (χ2v) is 4.95. The van der Waals surface area contributed by atoms with Crippen LogP contribution < -0.4 is 0 Å². The molecule has 2 saturated heterocycles. The van der Waals surface area contributed by atoms with Crippen molar-refractivity contribution in [3.63, 3.8) is 0 Å². The van der Waals surface area contributed by atoms with Gasteiger partial charge in [-0.1, -0.05) is 0 Å². The van der Waals surface area contributed by atoms with Gasteiger partial charge in [0, 0.05) is 19.6 Å². The van der Waals surface area contributed by atoms with Gasteiger partial charge in [-0.3, -0.25) is 14.6 Å². The molecule has 0 spiro atoms. The number of likely N-dealkylation sites (tertiary alicyclic amines) is 1. The molecule has 0 aromatic rings. The lowest BCUT2D eigenvalue weighted by Crippen LogP contribution is -2.61. The van der Waals surface area contributed by atoms with Crippen molar-refractivity contribution in [2.75, 3.05) is 39.8 Å². The molecule has 2 rings (SSSR count). The highest BCUT2D eigenvalue weighted by Gasteiger charge is 2.45. The van der Waals surface area contributed by atoms with Crippen LogP contribution in [0.4, 0.5) is 13.2 Å². The van der Waals surface area contributed by atoms with Crippen molar-refractivity contribution in [3.05, 3.63) is 0 Å². The first-order valence-electron chi connectivity index (χ1n) is 6.20. The van der Waals surface area contributed by atoms with Gasteiger partial charge in [0.15, 0.2) is 0 Å².